The van der Waals surface area contributed by atoms with Crippen LogP contribution in [0.5, 0.6) is 0 Å². The van der Waals surface area contributed by atoms with Gasteiger partial charge in [-0.25, -0.2) is 9.97 Å². The van der Waals surface area contributed by atoms with Gasteiger partial charge < -0.3 is 14.4 Å². The molecule has 7 heteroatoms. The minimum atomic E-state index is -0.231. The Labute approximate surface area is 152 Å². The zero-order valence-electron chi connectivity index (χ0n) is 15.0. The average molecular weight is 353 g/mol. The Balaban J connectivity index is 1.42. The molecule has 0 aliphatic carbocycles. The van der Waals surface area contributed by atoms with E-state index in [1.54, 1.807) is 37.8 Å². The fourth-order valence-corrected chi connectivity index (χ4v) is 4.08. The van der Waals surface area contributed by atoms with Gasteiger partial charge in [0.15, 0.2) is 0 Å². The Bertz CT molecular complexity index is 856. The Hall–Kier alpha value is -2.70. The van der Waals surface area contributed by atoms with E-state index in [2.05, 4.69) is 14.9 Å². The van der Waals surface area contributed by atoms with Gasteiger partial charge in [-0.3, -0.25) is 9.59 Å². The molecule has 1 amide bonds. The highest BCUT2D eigenvalue weighted by Crippen LogP contribution is 2.41. The summed E-state index contributed by atoms with van der Waals surface area (Å²) in [6, 6.07) is 5.20. The highest BCUT2D eigenvalue weighted by atomic mass is 16.2. The topological polar surface area (TPSA) is 71.3 Å². The van der Waals surface area contributed by atoms with Crippen LogP contribution in [0.2, 0.25) is 0 Å². The summed E-state index contributed by atoms with van der Waals surface area (Å²) in [5.74, 6) is 0.637. The molecule has 2 saturated heterocycles. The molecule has 0 N–H and O–H groups in total. The number of carbonyl (C=O) groups excluding carboxylic acids is 1. The first-order chi connectivity index (χ1) is 12.6. The SMILES string of the molecule is Cn1cccc(C(=O)N2CCC3(CC2)CCN(c2ncccn2)C3)c1=O. The summed E-state index contributed by atoms with van der Waals surface area (Å²) in [7, 11) is 1.67. The van der Waals surface area contributed by atoms with Gasteiger partial charge in [0.1, 0.15) is 5.56 Å². The average Bonchev–Trinajstić information content (AvgIpc) is 3.08. The van der Waals surface area contributed by atoms with E-state index >= 15 is 0 Å². The number of carbonyl (C=O) groups is 1. The number of hydrogen-bond acceptors (Lipinski definition) is 5. The summed E-state index contributed by atoms with van der Waals surface area (Å²) in [5.41, 5.74) is 0.250. The molecule has 2 fully saturated rings. The largest absolute Gasteiger partial charge is 0.340 e. The monoisotopic (exact) mass is 353 g/mol. The molecule has 2 aliphatic heterocycles. The molecule has 0 bridgehead atoms. The number of pyridine rings is 1. The normalized spacial score (nSPS) is 19.1. The minimum Gasteiger partial charge on any atom is -0.340 e. The Kier molecular flexibility index (Phi) is 4.22. The molecule has 4 rings (SSSR count). The Morgan fingerprint density at radius 3 is 2.50 bits per heavy atom. The molecule has 0 atom stereocenters. The quantitative estimate of drug-likeness (QED) is 0.814. The first kappa shape index (κ1) is 16.8. The van der Waals surface area contributed by atoms with Gasteiger partial charge in [0.2, 0.25) is 5.95 Å². The van der Waals surface area contributed by atoms with Gasteiger partial charge in [-0.2, -0.15) is 0 Å². The molecule has 1 spiro atoms. The molecule has 0 unspecified atom stereocenters. The van der Waals surface area contributed by atoms with E-state index < -0.39 is 0 Å². The lowest BCUT2D eigenvalue weighted by atomic mass is 9.77. The van der Waals surface area contributed by atoms with Crippen LogP contribution in [0.25, 0.3) is 0 Å². The fourth-order valence-electron chi connectivity index (χ4n) is 4.08. The van der Waals surface area contributed by atoms with Crippen LogP contribution in [-0.4, -0.2) is 51.5 Å². The predicted molar refractivity (Wildman–Crippen MR) is 98.1 cm³/mol. The molecule has 7 nitrogen and oxygen atoms in total. The third-order valence-corrected chi connectivity index (χ3v) is 5.74. The first-order valence-corrected chi connectivity index (χ1v) is 9.05. The third-order valence-electron chi connectivity index (χ3n) is 5.74. The Morgan fingerprint density at radius 2 is 1.77 bits per heavy atom. The molecule has 2 aromatic rings. The second kappa shape index (κ2) is 6.55. The number of aromatic nitrogens is 3. The van der Waals surface area contributed by atoms with E-state index in [0.717, 1.165) is 38.3 Å². The number of anilines is 1. The highest BCUT2D eigenvalue weighted by Gasteiger charge is 2.42. The Morgan fingerprint density at radius 1 is 1.08 bits per heavy atom. The molecule has 0 saturated carbocycles. The summed E-state index contributed by atoms with van der Waals surface area (Å²) in [5, 5.41) is 0. The van der Waals surface area contributed by atoms with Crippen LogP contribution in [-0.2, 0) is 7.05 Å². The van der Waals surface area contributed by atoms with Crippen LogP contribution in [0.3, 0.4) is 0 Å². The van der Waals surface area contributed by atoms with Crippen LogP contribution in [0.4, 0.5) is 5.95 Å². The number of piperidine rings is 1. The summed E-state index contributed by atoms with van der Waals surface area (Å²) in [4.78, 5) is 37.7. The van der Waals surface area contributed by atoms with Crippen molar-refractivity contribution in [2.24, 2.45) is 12.5 Å². The number of hydrogen-bond donors (Lipinski definition) is 0. The van der Waals surface area contributed by atoms with E-state index in [-0.39, 0.29) is 22.4 Å². The number of aryl methyl sites for hydroxylation is 1. The second-order valence-corrected chi connectivity index (χ2v) is 7.35. The van der Waals surface area contributed by atoms with Crippen molar-refractivity contribution in [3.8, 4) is 0 Å². The molecule has 4 heterocycles. The van der Waals surface area contributed by atoms with Gasteiger partial charge in [-0.1, -0.05) is 0 Å². The van der Waals surface area contributed by atoms with E-state index in [1.165, 1.54) is 4.57 Å². The lowest BCUT2D eigenvalue weighted by Gasteiger charge is -2.39. The van der Waals surface area contributed by atoms with Crippen molar-refractivity contribution in [2.45, 2.75) is 19.3 Å². The second-order valence-electron chi connectivity index (χ2n) is 7.35. The summed E-state index contributed by atoms with van der Waals surface area (Å²) in [6.07, 6.45) is 8.22. The predicted octanol–water partition coefficient (Wildman–Crippen LogP) is 1.31. The van der Waals surface area contributed by atoms with E-state index in [9.17, 15) is 9.59 Å². The van der Waals surface area contributed by atoms with Crippen LogP contribution >= 0.6 is 0 Å². The maximum Gasteiger partial charge on any atom is 0.263 e. The van der Waals surface area contributed by atoms with Crippen molar-refractivity contribution in [1.29, 1.82) is 0 Å². The van der Waals surface area contributed by atoms with Crippen LogP contribution in [0.1, 0.15) is 29.6 Å². The number of likely N-dealkylation sites (tertiary alicyclic amines) is 1. The van der Waals surface area contributed by atoms with E-state index in [4.69, 9.17) is 0 Å². The van der Waals surface area contributed by atoms with Gasteiger partial charge in [0, 0.05) is 51.8 Å². The molecule has 0 radical (unpaired) electrons. The van der Waals surface area contributed by atoms with Crippen molar-refractivity contribution in [2.75, 3.05) is 31.1 Å². The molecular weight excluding hydrogens is 330 g/mol. The molecule has 2 aliphatic rings. The maximum atomic E-state index is 12.7. The molecule has 136 valence electrons. The van der Waals surface area contributed by atoms with Crippen molar-refractivity contribution in [3.05, 3.63) is 52.7 Å². The zero-order valence-corrected chi connectivity index (χ0v) is 15.0. The van der Waals surface area contributed by atoms with Gasteiger partial charge in [-0.05, 0) is 42.9 Å². The number of amides is 1. The zero-order chi connectivity index (χ0) is 18.1. The van der Waals surface area contributed by atoms with Crippen molar-refractivity contribution in [3.63, 3.8) is 0 Å². The van der Waals surface area contributed by atoms with E-state index in [1.807, 2.05) is 11.0 Å². The fraction of sp³-hybridized carbons (Fsp3) is 0.474. The lowest BCUT2D eigenvalue weighted by molar-refractivity contribution is 0.0608. The standard InChI is InChI=1S/C19H23N5O2/c1-22-10-2-4-15(16(22)25)17(26)23-11-5-19(6-12-23)7-13-24(14-19)18-20-8-3-9-21-18/h2-4,8-10H,5-7,11-14H2,1H3. The number of rotatable bonds is 2. The molecule has 26 heavy (non-hydrogen) atoms. The summed E-state index contributed by atoms with van der Waals surface area (Å²) >= 11 is 0. The van der Waals surface area contributed by atoms with Gasteiger partial charge in [0.05, 0.1) is 0 Å². The summed E-state index contributed by atoms with van der Waals surface area (Å²) < 4.78 is 1.45. The van der Waals surface area contributed by atoms with Crippen LogP contribution in [0.15, 0.2) is 41.6 Å². The van der Waals surface area contributed by atoms with Gasteiger partial charge in [-0.15, -0.1) is 0 Å². The van der Waals surface area contributed by atoms with Crippen LogP contribution < -0.4 is 10.5 Å². The molecule has 0 aromatic carbocycles. The maximum absolute atomic E-state index is 12.7. The summed E-state index contributed by atoms with van der Waals surface area (Å²) in [6.45, 7) is 3.28. The minimum absolute atomic E-state index is 0.151. The lowest BCUT2D eigenvalue weighted by Crippen LogP contribution is -2.45. The smallest absolute Gasteiger partial charge is 0.263 e. The van der Waals surface area contributed by atoms with Crippen LogP contribution in [0, 0.1) is 5.41 Å². The molecule has 2 aromatic heterocycles. The van der Waals surface area contributed by atoms with Crippen molar-refractivity contribution >= 4 is 11.9 Å². The van der Waals surface area contributed by atoms with E-state index in [0.29, 0.717) is 13.1 Å². The first-order valence-electron chi connectivity index (χ1n) is 9.05. The highest BCUT2D eigenvalue weighted by molar-refractivity contribution is 5.93. The van der Waals surface area contributed by atoms with Crippen molar-refractivity contribution < 1.29 is 4.79 Å². The number of nitrogens with zero attached hydrogens (tertiary/aromatic N) is 5. The van der Waals surface area contributed by atoms with Gasteiger partial charge in [0.25, 0.3) is 11.5 Å². The molecular formula is C19H23N5O2. The van der Waals surface area contributed by atoms with Gasteiger partial charge >= 0.3 is 0 Å². The third kappa shape index (κ3) is 2.98. The van der Waals surface area contributed by atoms with Crippen molar-refractivity contribution in [1.82, 2.24) is 19.4 Å².